The molecule has 0 amide bonds. The summed E-state index contributed by atoms with van der Waals surface area (Å²) in [6.07, 6.45) is 4.41. The fraction of sp³-hybridized carbons (Fsp3) is 0.400. The van der Waals surface area contributed by atoms with Crippen molar-refractivity contribution in [2.45, 2.75) is 57.8 Å². The van der Waals surface area contributed by atoms with Crippen LogP contribution in [0, 0.1) is 4.91 Å². The molecule has 0 atom stereocenters. The number of hydrogen-bond acceptors (Lipinski definition) is 4. The summed E-state index contributed by atoms with van der Waals surface area (Å²) in [4.78, 5) is 22.8. The second kappa shape index (κ2) is 8.05. The Morgan fingerprint density at radius 2 is 1.63 bits per heavy atom. The molecule has 0 saturated heterocycles. The van der Waals surface area contributed by atoms with E-state index in [9.17, 15) is 9.70 Å². The molecule has 0 fully saturated rings. The third-order valence-corrected chi connectivity index (χ3v) is 6.28. The van der Waals surface area contributed by atoms with E-state index in [1.165, 1.54) is 11.1 Å². The van der Waals surface area contributed by atoms with Gasteiger partial charge in [-0.1, -0.05) is 39.8 Å². The van der Waals surface area contributed by atoms with Crippen molar-refractivity contribution in [2.75, 3.05) is 7.11 Å². The molecule has 1 aliphatic carbocycles. The van der Waals surface area contributed by atoms with Crippen molar-refractivity contribution < 1.29 is 14.6 Å². The minimum atomic E-state index is -0.961. The Morgan fingerprint density at radius 3 is 2.13 bits per heavy atom. The van der Waals surface area contributed by atoms with Crippen molar-refractivity contribution in [3.05, 3.63) is 75.2 Å². The van der Waals surface area contributed by atoms with E-state index in [-0.39, 0.29) is 16.4 Å². The van der Waals surface area contributed by atoms with Crippen molar-refractivity contribution in [1.82, 2.24) is 0 Å². The van der Waals surface area contributed by atoms with Gasteiger partial charge in [0.1, 0.15) is 11.4 Å². The molecule has 1 aliphatic rings. The third-order valence-electron chi connectivity index (χ3n) is 6.28. The van der Waals surface area contributed by atoms with Crippen LogP contribution in [0.15, 0.2) is 47.7 Å². The summed E-state index contributed by atoms with van der Waals surface area (Å²) in [6, 6.07) is 10.7. The number of nitrogens with zero attached hydrogens (tertiary/aromatic N) is 1. The van der Waals surface area contributed by atoms with E-state index in [0.717, 1.165) is 18.4 Å². The summed E-state index contributed by atoms with van der Waals surface area (Å²) in [5, 5.41) is 12.3. The maximum atomic E-state index is 11.7. The van der Waals surface area contributed by atoms with Gasteiger partial charge in [0.2, 0.25) is 0 Å². The molecule has 1 N–H and O–H groups in total. The van der Waals surface area contributed by atoms with E-state index in [2.05, 4.69) is 45.0 Å². The standard InChI is InChI=1S/C25H29NO4/c1-24(2)12-13-25(3,4)20-15-22(30-5)18(14-19(20)24)21(26-29)11-8-16-6-9-17(10-7-16)23(27)28/h6-7,9-11,14-15H,8,12-13H2,1-5H3,(H,27,28). The van der Waals surface area contributed by atoms with Gasteiger partial charge < -0.3 is 9.84 Å². The maximum Gasteiger partial charge on any atom is 0.335 e. The lowest BCUT2D eigenvalue weighted by molar-refractivity contribution is 0.0697. The molecule has 0 spiro atoms. The molecule has 0 radical (unpaired) electrons. The summed E-state index contributed by atoms with van der Waals surface area (Å²) in [5.41, 5.74) is 4.70. The number of nitroso groups, excluding NO2 is 1. The highest BCUT2D eigenvalue weighted by molar-refractivity contribution is 5.87. The minimum Gasteiger partial charge on any atom is -0.496 e. The largest absolute Gasteiger partial charge is 0.496 e. The predicted molar refractivity (Wildman–Crippen MR) is 119 cm³/mol. The van der Waals surface area contributed by atoms with Gasteiger partial charge in [-0.25, -0.2) is 4.79 Å². The van der Waals surface area contributed by atoms with Crippen molar-refractivity contribution in [2.24, 2.45) is 5.18 Å². The van der Waals surface area contributed by atoms with Crippen LogP contribution in [0.4, 0.5) is 0 Å². The molecular formula is C25H29NO4. The van der Waals surface area contributed by atoms with Gasteiger partial charge in [-0.2, -0.15) is 0 Å². The van der Waals surface area contributed by atoms with E-state index in [0.29, 0.717) is 23.4 Å². The molecule has 30 heavy (non-hydrogen) atoms. The molecule has 0 aromatic heterocycles. The maximum absolute atomic E-state index is 11.7. The average Bonchev–Trinajstić information content (AvgIpc) is 2.72. The molecule has 5 heteroatoms. The van der Waals surface area contributed by atoms with Crippen LogP contribution < -0.4 is 4.74 Å². The smallest absolute Gasteiger partial charge is 0.335 e. The molecule has 0 bridgehead atoms. The van der Waals surface area contributed by atoms with Crippen molar-refractivity contribution >= 4 is 11.7 Å². The molecule has 3 rings (SSSR count). The molecule has 158 valence electrons. The van der Waals surface area contributed by atoms with Crippen LogP contribution in [0.2, 0.25) is 0 Å². The van der Waals surface area contributed by atoms with Gasteiger partial charge >= 0.3 is 5.97 Å². The first kappa shape index (κ1) is 21.8. The summed E-state index contributed by atoms with van der Waals surface area (Å²) in [6.45, 7) is 8.96. The highest BCUT2D eigenvalue weighted by atomic mass is 16.5. The van der Waals surface area contributed by atoms with Crippen LogP contribution in [0.3, 0.4) is 0 Å². The molecule has 2 aromatic rings. The summed E-state index contributed by atoms with van der Waals surface area (Å²) < 4.78 is 5.64. The van der Waals surface area contributed by atoms with Gasteiger partial charge in [0.25, 0.3) is 0 Å². The van der Waals surface area contributed by atoms with Gasteiger partial charge in [-0.15, -0.1) is 4.91 Å². The number of carboxylic acid groups (broad SMARTS) is 1. The van der Waals surface area contributed by atoms with Crippen molar-refractivity contribution in [3.8, 4) is 5.75 Å². The van der Waals surface area contributed by atoms with E-state index in [1.54, 1.807) is 37.5 Å². The molecule has 0 saturated carbocycles. The monoisotopic (exact) mass is 407 g/mol. The van der Waals surface area contributed by atoms with Crippen LogP contribution >= 0.6 is 0 Å². The number of benzene rings is 2. The molecular weight excluding hydrogens is 378 g/mol. The number of aromatic carboxylic acids is 1. The Bertz CT molecular complexity index is 1000. The number of fused-ring (bicyclic) bond motifs is 1. The normalized spacial score (nSPS) is 17.2. The number of ether oxygens (including phenoxy) is 1. The van der Waals surface area contributed by atoms with Gasteiger partial charge in [0, 0.05) is 5.56 Å². The SMILES string of the molecule is COc1cc2c(cc1C(=CCc1ccc(C(=O)O)cc1)N=O)C(C)(C)CCC2(C)C. The Kier molecular flexibility index (Phi) is 5.84. The number of carbonyl (C=O) groups is 1. The number of hydrogen-bond donors (Lipinski definition) is 1. The van der Waals surface area contributed by atoms with Crippen LogP contribution in [0.1, 0.15) is 73.1 Å². The van der Waals surface area contributed by atoms with Gasteiger partial charge in [0.05, 0.1) is 12.7 Å². The van der Waals surface area contributed by atoms with Crippen LogP contribution in [0.5, 0.6) is 5.75 Å². The molecule has 0 aliphatic heterocycles. The Morgan fingerprint density at radius 1 is 1.07 bits per heavy atom. The first-order valence-electron chi connectivity index (χ1n) is 10.2. The molecule has 0 unspecified atom stereocenters. The zero-order valence-electron chi connectivity index (χ0n) is 18.3. The first-order chi connectivity index (χ1) is 14.1. The molecule has 0 heterocycles. The van der Waals surface area contributed by atoms with E-state index in [1.807, 2.05) is 0 Å². The van der Waals surface area contributed by atoms with Gasteiger partial charge in [0.15, 0.2) is 0 Å². The highest BCUT2D eigenvalue weighted by Crippen LogP contribution is 2.48. The molecule has 5 nitrogen and oxygen atoms in total. The zero-order valence-corrected chi connectivity index (χ0v) is 18.3. The van der Waals surface area contributed by atoms with Crippen molar-refractivity contribution in [3.63, 3.8) is 0 Å². The van der Waals surface area contributed by atoms with E-state index in [4.69, 9.17) is 9.84 Å². The lowest BCUT2D eigenvalue weighted by atomic mass is 9.63. The topological polar surface area (TPSA) is 76.0 Å². The Labute approximate surface area is 177 Å². The predicted octanol–water partition coefficient (Wildman–Crippen LogP) is 6.09. The number of rotatable bonds is 6. The minimum absolute atomic E-state index is 0.00648. The average molecular weight is 408 g/mol. The van der Waals surface area contributed by atoms with Crippen LogP contribution in [-0.2, 0) is 17.3 Å². The lowest BCUT2D eigenvalue weighted by Crippen LogP contribution is -2.34. The quantitative estimate of drug-likeness (QED) is 0.588. The number of allylic oxidation sites excluding steroid dienone is 1. The zero-order chi connectivity index (χ0) is 22.1. The summed E-state index contributed by atoms with van der Waals surface area (Å²) in [7, 11) is 1.61. The fourth-order valence-corrected chi connectivity index (χ4v) is 4.16. The third kappa shape index (κ3) is 4.16. The summed E-state index contributed by atoms with van der Waals surface area (Å²) in [5.74, 6) is -0.316. The summed E-state index contributed by atoms with van der Waals surface area (Å²) >= 11 is 0. The first-order valence-corrected chi connectivity index (χ1v) is 10.2. The van der Waals surface area contributed by atoms with Crippen LogP contribution in [-0.4, -0.2) is 18.2 Å². The Balaban J connectivity index is 2.02. The van der Waals surface area contributed by atoms with E-state index >= 15 is 0 Å². The lowest BCUT2D eigenvalue weighted by Gasteiger charge is -2.42. The Hall–Kier alpha value is -2.95. The van der Waals surface area contributed by atoms with E-state index < -0.39 is 5.97 Å². The number of carboxylic acids is 1. The molecule has 2 aromatic carbocycles. The second-order valence-corrected chi connectivity index (χ2v) is 9.25. The van der Waals surface area contributed by atoms with Gasteiger partial charge in [-0.3, -0.25) is 0 Å². The van der Waals surface area contributed by atoms with Crippen molar-refractivity contribution in [1.29, 1.82) is 0 Å². The van der Waals surface area contributed by atoms with Gasteiger partial charge in [-0.05, 0) is 82.3 Å². The fourth-order valence-electron chi connectivity index (χ4n) is 4.16. The number of methoxy groups -OCH3 is 1. The highest BCUT2D eigenvalue weighted by Gasteiger charge is 2.38. The van der Waals surface area contributed by atoms with Crippen LogP contribution in [0.25, 0.3) is 5.70 Å². The second-order valence-electron chi connectivity index (χ2n) is 9.25.